The number of nitrogens with one attached hydrogen (secondary N) is 2. The predicted molar refractivity (Wildman–Crippen MR) is 103 cm³/mol. The molecular formula is C21H23F3N2O3. The van der Waals surface area contributed by atoms with Gasteiger partial charge in [0, 0.05) is 11.3 Å². The van der Waals surface area contributed by atoms with E-state index >= 15 is 0 Å². The van der Waals surface area contributed by atoms with Crippen LogP contribution in [0.25, 0.3) is 0 Å². The fourth-order valence-corrected chi connectivity index (χ4v) is 2.64. The second-order valence-electron chi connectivity index (χ2n) is 7.11. The Balaban J connectivity index is 2.09. The number of rotatable bonds is 7. The third kappa shape index (κ3) is 6.90. The molecule has 2 rings (SSSR count). The van der Waals surface area contributed by atoms with Crippen molar-refractivity contribution in [3.63, 3.8) is 0 Å². The van der Waals surface area contributed by atoms with Crippen LogP contribution in [0.1, 0.15) is 41.8 Å². The summed E-state index contributed by atoms with van der Waals surface area (Å²) in [6.07, 6.45) is -5.27. The number of benzene rings is 2. The number of alkyl halides is 3. The van der Waals surface area contributed by atoms with Crippen LogP contribution in [-0.2, 0) is 15.8 Å². The highest BCUT2D eigenvalue weighted by molar-refractivity contribution is 5.95. The fraction of sp³-hybridized carbons (Fsp3) is 0.333. The number of carbonyl (C=O) groups is 2. The summed E-state index contributed by atoms with van der Waals surface area (Å²) in [5.41, 5.74) is 1.83. The molecule has 0 aliphatic carbocycles. The van der Waals surface area contributed by atoms with Crippen molar-refractivity contribution in [2.75, 3.05) is 5.32 Å². The highest BCUT2D eigenvalue weighted by Crippen LogP contribution is 2.30. The van der Waals surface area contributed by atoms with Gasteiger partial charge in [0.1, 0.15) is 0 Å². The highest BCUT2D eigenvalue weighted by Gasteiger charge is 2.31. The maximum Gasteiger partial charge on any atom is 0.416 e. The van der Waals surface area contributed by atoms with Crippen LogP contribution in [0.2, 0.25) is 0 Å². The van der Waals surface area contributed by atoms with Crippen LogP contribution in [0.15, 0.2) is 48.5 Å². The van der Waals surface area contributed by atoms with Crippen LogP contribution < -0.4 is 10.8 Å². The summed E-state index contributed by atoms with van der Waals surface area (Å²) >= 11 is 0. The van der Waals surface area contributed by atoms with Crippen molar-refractivity contribution in [2.24, 2.45) is 5.92 Å². The van der Waals surface area contributed by atoms with Gasteiger partial charge in [-0.1, -0.05) is 32.0 Å². The minimum Gasteiger partial charge on any atom is -0.324 e. The van der Waals surface area contributed by atoms with E-state index in [0.717, 1.165) is 12.1 Å². The van der Waals surface area contributed by atoms with Gasteiger partial charge in [0.05, 0.1) is 5.56 Å². The molecule has 0 aliphatic heterocycles. The molecule has 0 aliphatic rings. The number of anilines is 1. The zero-order valence-electron chi connectivity index (χ0n) is 16.3. The molecule has 0 radical (unpaired) electrons. The summed E-state index contributed by atoms with van der Waals surface area (Å²) in [5, 5.41) is 2.69. The third-order valence-electron chi connectivity index (χ3n) is 3.98. The van der Waals surface area contributed by atoms with Gasteiger partial charge in [0.25, 0.3) is 11.8 Å². The van der Waals surface area contributed by atoms with E-state index in [-0.39, 0.29) is 17.0 Å². The van der Waals surface area contributed by atoms with Crippen molar-refractivity contribution >= 4 is 17.5 Å². The standard InChI is InChI=1S/C21H23F3N2O3/c1-13(2)9-18(20(28)25-17-7-5-4-6-8-17)29-26-19(27)15-10-14(3)11-16(12-15)21(22,23)24/h4-8,10-13,18H,9H2,1-3H3,(H,25,28)(H,26,27)/t18-/m1/s1. The van der Waals surface area contributed by atoms with Crippen molar-refractivity contribution < 1.29 is 27.6 Å². The monoisotopic (exact) mass is 408 g/mol. The topological polar surface area (TPSA) is 67.4 Å². The molecule has 0 heterocycles. The number of carbonyl (C=O) groups excluding carboxylic acids is 2. The normalized spacial score (nSPS) is 12.5. The van der Waals surface area contributed by atoms with Crippen LogP contribution in [0, 0.1) is 12.8 Å². The van der Waals surface area contributed by atoms with Crippen LogP contribution in [0.3, 0.4) is 0 Å². The second-order valence-corrected chi connectivity index (χ2v) is 7.11. The van der Waals surface area contributed by atoms with Crippen LogP contribution in [0.4, 0.5) is 18.9 Å². The average molecular weight is 408 g/mol. The molecule has 0 bridgehead atoms. The second kappa shape index (κ2) is 9.56. The highest BCUT2D eigenvalue weighted by atomic mass is 19.4. The fourth-order valence-electron chi connectivity index (χ4n) is 2.64. The van der Waals surface area contributed by atoms with Gasteiger partial charge in [-0.05, 0) is 55.2 Å². The quantitative estimate of drug-likeness (QED) is 0.651. The molecule has 0 fully saturated rings. The lowest BCUT2D eigenvalue weighted by Gasteiger charge is -2.19. The van der Waals surface area contributed by atoms with Crippen molar-refractivity contribution in [1.29, 1.82) is 0 Å². The van der Waals surface area contributed by atoms with Gasteiger partial charge in [-0.2, -0.15) is 13.2 Å². The molecule has 2 amide bonds. The van der Waals surface area contributed by atoms with Crippen LogP contribution in [-0.4, -0.2) is 17.9 Å². The first-order valence-corrected chi connectivity index (χ1v) is 9.07. The van der Waals surface area contributed by atoms with E-state index in [1.165, 1.54) is 13.0 Å². The molecule has 1 atom stereocenters. The SMILES string of the molecule is Cc1cc(C(=O)NO[C@H](CC(C)C)C(=O)Nc2ccccc2)cc(C(F)(F)F)c1. The molecule has 2 aromatic carbocycles. The molecule has 0 spiro atoms. The average Bonchev–Trinajstić information content (AvgIpc) is 2.64. The number of hydrogen-bond acceptors (Lipinski definition) is 3. The maximum atomic E-state index is 13.0. The van der Waals surface area contributed by atoms with Crippen LogP contribution >= 0.6 is 0 Å². The lowest BCUT2D eigenvalue weighted by molar-refractivity contribution is -0.137. The third-order valence-corrected chi connectivity index (χ3v) is 3.98. The summed E-state index contributed by atoms with van der Waals surface area (Å²) < 4.78 is 38.9. The van der Waals surface area contributed by atoms with Crippen molar-refractivity contribution in [1.82, 2.24) is 5.48 Å². The van der Waals surface area contributed by atoms with E-state index < -0.39 is 29.7 Å². The van der Waals surface area contributed by atoms with Gasteiger partial charge < -0.3 is 5.32 Å². The minimum atomic E-state index is -4.57. The number of aryl methyl sites for hydroxylation is 1. The zero-order chi connectivity index (χ0) is 21.6. The van der Waals surface area contributed by atoms with Gasteiger partial charge in [0.2, 0.25) is 0 Å². The number of amides is 2. The summed E-state index contributed by atoms with van der Waals surface area (Å²) in [6, 6.07) is 11.7. The molecule has 2 aromatic rings. The lowest BCUT2D eigenvalue weighted by atomic mass is 10.1. The number of para-hydroxylation sites is 1. The van der Waals surface area contributed by atoms with Crippen LogP contribution in [0.5, 0.6) is 0 Å². The Morgan fingerprint density at radius 2 is 1.72 bits per heavy atom. The van der Waals surface area contributed by atoms with Gasteiger partial charge in [-0.25, -0.2) is 5.48 Å². The van der Waals surface area contributed by atoms with Crippen molar-refractivity contribution in [3.05, 3.63) is 65.2 Å². The van der Waals surface area contributed by atoms with Crippen molar-refractivity contribution in [3.8, 4) is 0 Å². The van der Waals surface area contributed by atoms with E-state index in [4.69, 9.17) is 4.84 Å². The lowest BCUT2D eigenvalue weighted by Crippen LogP contribution is -2.38. The Kier molecular flexibility index (Phi) is 7.39. The molecule has 0 aromatic heterocycles. The predicted octanol–water partition coefficient (Wildman–Crippen LogP) is 4.73. The first-order chi connectivity index (χ1) is 13.6. The van der Waals surface area contributed by atoms with Gasteiger partial charge >= 0.3 is 6.18 Å². The van der Waals surface area contributed by atoms with E-state index in [0.29, 0.717) is 12.1 Å². The number of hydroxylamine groups is 1. The first kappa shape index (κ1) is 22.4. The number of halogens is 3. The minimum absolute atomic E-state index is 0.0780. The Labute approximate surface area is 167 Å². The van der Waals surface area contributed by atoms with Gasteiger partial charge in [-0.3, -0.25) is 14.4 Å². The van der Waals surface area contributed by atoms with E-state index in [1.54, 1.807) is 30.3 Å². The molecular weight excluding hydrogens is 385 g/mol. The first-order valence-electron chi connectivity index (χ1n) is 9.07. The summed E-state index contributed by atoms with van der Waals surface area (Å²) in [7, 11) is 0. The van der Waals surface area contributed by atoms with Gasteiger partial charge in [0.15, 0.2) is 6.10 Å². The molecule has 29 heavy (non-hydrogen) atoms. The summed E-state index contributed by atoms with van der Waals surface area (Å²) in [5.74, 6) is -1.25. The Bertz CT molecular complexity index is 852. The summed E-state index contributed by atoms with van der Waals surface area (Å²) in [6.45, 7) is 5.22. The van der Waals surface area contributed by atoms with Gasteiger partial charge in [-0.15, -0.1) is 0 Å². The maximum absolute atomic E-state index is 13.0. The van der Waals surface area contributed by atoms with E-state index in [1.807, 2.05) is 13.8 Å². The molecule has 8 heteroatoms. The molecule has 0 unspecified atom stereocenters. The molecule has 5 nitrogen and oxygen atoms in total. The Morgan fingerprint density at radius 1 is 1.07 bits per heavy atom. The molecule has 156 valence electrons. The summed E-state index contributed by atoms with van der Waals surface area (Å²) in [4.78, 5) is 30.1. The van der Waals surface area contributed by atoms with E-state index in [9.17, 15) is 22.8 Å². The molecule has 2 N–H and O–H groups in total. The number of hydrogen-bond donors (Lipinski definition) is 2. The largest absolute Gasteiger partial charge is 0.416 e. The smallest absolute Gasteiger partial charge is 0.324 e. The van der Waals surface area contributed by atoms with Crippen molar-refractivity contribution in [2.45, 2.75) is 39.5 Å². The van der Waals surface area contributed by atoms with E-state index in [2.05, 4.69) is 10.8 Å². The zero-order valence-corrected chi connectivity index (χ0v) is 16.3. The molecule has 0 saturated carbocycles. The Hall–Kier alpha value is -2.87. The molecule has 0 saturated heterocycles. The Morgan fingerprint density at radius 3 is 2.31 bits per heavy atom.